The minimum atomic E-state index is -0.0287. The topological polar surface area (TPSA) is 47.2 Å². The molecule has 6 heteroatoms. The van der Waals surface area contributed by atoms with Crippen LogP contribution in [-0.2, 0) is 13.6 Å². The maximum Gasteiger partial charge on any atom is 0.250 e. The maximum absolute atomic E-state index is 11.2. The molecule has 0 amide bonds. The van der Waals surface area contributed by atoms with E-state index in [9.17, 15) is 4.79 Å². The molecule has 0 atom stereocenters. The highest BCUT2D eigenvalue weighted by atomic mass is 79.9. The van der Waals surface area contributed by atoms with Crippen LogP contribution in [0.5, 0.6) is 0 Å². The molecule has 0 saturated carbocycles. The Balaban J connectivity index is 2.07. The Labute approximate surface area is 115 Å². The van der Waals surface area contributed by atoms with E-state index in [2.05, 4.69) is 37.2 Å². The van der Waals surface area contributed by atoms with E-state index in [-0.39, 0.29) is 5.56 Å². The molecular formula is C11H10Br2N2O2. The van der Waals surface area contributed by atoms with Crippen molar-refractivity contribution in [2.75, 3.05) is 5.32 Å². The summed E-state index contributed by atoms with van der Waals surface area (Å²) >= 11 is 6.63. The average molecular weight is 362 g/mol. The van der Waals surface area contributed by atoms with Crippen molar-refractivity contribution in [2.45, 2.75) is 6.54 Å². The Hall–Kier alpha value is -1.01. The van der Waals surface area contributed by atoms with Crippen molar-refractivity contribution < 1.29 is 4.42 Å². The van der Waals surface area contributed by atoms with Gasteiger partial charge >= 0.3 is 0 Å². The van der Waals surface area contributed by atoms with Gasteiger partial charge < -0.3 is 14.3 Å². The van der Waals surface area contributed by atoms with Gasteiger partial charge in [-0.1, -0.05) is 0 Å². The first-order valence-corrected chi connectivity index (χ1v) is 6.49. The lowest BCUT2D eigenvalue weighted by Gasteiger charge is -2.05. The van der Waals surface area contributed by atoms with Gasteiger partial charge in [0, 0.05) is 19.3 Å². The maximum atomic E-state index is 11.2. The average Bonchev–Trinajstić information content (AvgIpc) is 2.60. The number of pyridine rings is 1. The molecule has 2 aromatic heterocycles. The molecule has 17 heavy (non-hydrogen) atoms. The Bertz CT molecular complexity index is 570. The molecule has 0 unspecified atom stereocenters. The summed E-state index contributed by atoms with van der Waals surface area (Å²) in [6.45, 7) is 0.558. The summed E-state index contributed by atoms with van der Waals surface area (Å²) < 4.78 is 8.51. The number of aryl methyl sites for hydroxylation is 1. The number of rotatable bonds is 3. The number of hydrogen-bond donors (Lipinski definition) is 1. The number of hydrogen-bond acceptors (Lipinski definition) is 3. The van der Waals surface area contributed by atoms with Gasteiger partial charge in [0.05, 0.1) is 16.7 Å². The van der Waals surface area contributed by atoms with Crippen LogP contribution >= 0.6 is 31.9 Å². The van der Waals surface area contributed by atoms with E-state index in [0.29, 0.717) is 11.2 Å². The van der Waals surface area contributed by atoms with Crippen LogP contribution in [0, 0.1) is 0 Å². The van der Waals surface area contributed by atoms with Gasteiger partial charge in [0.2, 0.25) is 5.56 Å². The van der Waals surface area contributed by atoms with Crippen molar-refractivity contribution in [1.29, 1.82) is 0 Å². The summed E-state index contributed by atoms with van der Waals surface area (Å²) in [5.74, 6) is 0.803. The predicted molar refractivity (Wildman–Crippen MR) is 73.1 cm³/mol. The molecule has 0 aliphatic rings. The minimum Gasteiger partial charge on any atom is -0.451 e. The fourth-order valence-electron chi connectivity index (χ4n) is 1.37. The summed E-state index contributed by atoms with van der Waals surface area (Å²) in [6.07, 6.45) is 1.75. The van der Waals surface area contributed by atoms with Crippen molar-refractivity contribution >= 4 is 37.5 Å². The van der Waals surface area contributed by atoms with Crippen molar-refractivity contribution in [1.82, 2.24) is 4.57 Å². The first kappa shape index (κ1) is 12.4. The van der Waals surface area contributed by atoms with Crippen LogP contribution in [0.15, 0.2) is 42.7 Å². The quantitative estimate of drug-likeness (QED) is 0.913. The lowest BCUT2D eigenvalue weighted by Crippen LogP contribution is -2.15. The molecule has 0 saturated heterocycles. The molecule has 2 heterocycles. The van der Waals surface area contributed by atoms with Gasteiger partial charge in [-0.15, -0.1) is 0 Å². The van der Waals surface area contributed by atoms with Gasteiger partial charge in [-0.2, -0.15) is 0 Å². The third-order valence-corrected chi connectivity index (χ3v) is 3.96. The molecule has 0 bridgehead atoms. The number of aromatic nitrogens is 1. The molecule has 2 rings (SSSR count). The molecule has 4 nitrogen and oxygen atoms in total. The van der Waals surface area contributed by atoms with Crippen molar-refractivity contribution in [3.05, 3.63) is 49.7 Å². The summed E-state index contributed by atoms with van der Waals surface area (Å²) in [5.41, 5.74) is 0.842. The Morgan fingerprint density at radius 1 is 1.41 bits per heavy atom. The predicted octanol–water partition coefficient (Wildman–Crippen LogP) is 3.12. The van der Waals surface area contributed by atoms with E-state index in [0.717, 1.165) is 15.9 Å². The molecular weight excluding hydrogens is 352 g/mol. The van der Waals surface area contributed by atoms with Gasteiger partial charge in [-0.05, 0) is 44.0 Å². The highest BCUT2D eigenvalue weighted by Gasteiger charge is 2.05. The smallest absolute Gasteiger partial charge is 0.250 e. The summed E-state index contributed by atoms with van der Waals surface area (Å²) in [6, 6.07) is 5.16. The summed E-state index contributed by atoms with van der Waals surface area (Å²) in [7, 11) is 1.72. The summed E-state index contributed by atoms with van der Waals surface area (Å²) in [4.78, 5) is 11.2. The fourth-order valence-corrected chi connectivity index (χ4v) is 2.02. The Morgan fingerprint density at radius 3 is 2.76 bits per heavy atom. The third kappa shape index (κ3) is 3.01. The zero-order valence-electron chi connectivity index (χ0n) is 9.04. The SMILES string of the molecule is Cn1cc(NCc2cc(Br)c(Br)o2)ccc1=O. The van der Waals surface area contributed by atoms with Crippen molar-refractivity contribution in [3.63, 3.8) is 0 Å². The Kier molecular flexibility index (Phi) is 3.73. The minimum absolute atomic E-state index is 0.0287. The van der Waals surface area contributed by atoms with Crippen molar-refractivity contribution in [3.8, 4) is 0 Å². The van der Waals surface area contributed by atoms with Crippen LogP contribution in [0.1, 0.15) is 5.76 Å². The first-order valence-electron chi connectivity index (χ1n) is 4.90. The molecule has 0 aliphatic heterocycles. The number of halogens is 2. The van der Waals surface area contributed by atoms with Gasteiger partial charge in [-0.25, -0.2) is 0 Å². The largest absolute Gasteiger partial charge is 0.451 e. The van der Waals surface area contributed by atoms with Crippen LogP contribution in [0.25, 0.3) is 0 Å². The van der Waals surface area contributed by atoms with Crippen LogP contribution < -0.4 is 10.9 Å². The summed E-state index contributed by atoms with van der Waals surface area (Å²) in [5, 5.41) is 3.17. The highest BCUT2D eigenvalue weighted by Crippen LogP contribution is 2.27. The normalized spacial score (nSPS) is 10.5. The van der Waals surface area contributed by atoms with E-state index < -0.39 is 0 Å². The van der Waals surface area contributed by atoms with E-state index in [4.69, 9.17) is 4.42 Å². The van der Waals surface area contributed by atoms with Crippen LogP contribution in [-0.4, -0.2) is 4.57 Å². The first-order chi connectivity index (χ1) is 8.06. The number of anilines is 1. The molecule has 0 radical (unpaired) electrons. The van der Waals surface area contributed by atoms with Gasteiger partial charge in [-0.3, -0.25) is 4.79 Å². The zero-order chi connectivity index (χ0) is 12.4. The number of nitrogens with zero attached hydrogens (tertiary/aromatic N) is 1. The standard InChI is InChI=1S/C11H10Br2N2O2/c1-15-6-7(2-3-10(15)16)14-5-8-4-9(12)11(13)17-8/h2-4,6,14H,5H2,1H3. The van der Waals surface area contributed by atoms with Crippen LogP contribution in [0.4, 0.5) is 5.69 Å². The van der Waals surface area contributed by atoms with Gasteiger partial charge in [0.25, 0.3) is 0 Å². The van der Waals surface area contributed by atoms with Gasteiger partial charge in [0.15, 0.2) is 4.67 Å². The van der Waals surface area contributed by atoms with E-state index in [1.54, 1.807) is 19.3 Å². The van der Waals surface area contributed by atoms with E-state index in [1.807, 2.05) is 6.07 Å². The lowest BCUT2D eigenvalue weighted by molar-refractivity contribution is 0.494. The molecule has 90 valence electrons. The third-order valence-electron chi connectivity index (χ3n) is 2.25. The molecule has 2 aromatic rings. The Morgan fingerprint density at radius 2 is 2.18 bits per heavy atom. The van der Waals surface area contributed by atoms with Gasteiger partial charge in [0.1, 0.15) is 5.76 Å². The zero-order valence-corrected chi connectivity index (χ0v) is 12.2. The number of nitrogens with one attached hydrogen (secondary N) is 1. The fraction of sp³-hybridized carbons (Fsp3) is 0.182. The lowest BCUT2D eigenvalue weighted by atomic mass is 10.4. The van der Waals surface area contributed by atoms with E-state index in [1.165, 1.54) is 10.6 Å². The van der Waals surface area contributed by atoms with Crippen LogP contribution in [0.2, 0.25) is 0 Å². The monoisotopic (exact) mass is 360 g/mol. The second-order valence-corrected chi connectivity index (χ2v) is 5.13. The molecule has 1 N–H and O–H groups in total. The van der Waals surface area contributed by atoms with E-state index >= 15 is 0 Å². The highest BCUT2D eigenvalue weighted by molar-refractivity contribution is 9.13. The van der Waals surface area contributed by atoms with Crippen LogP contribution in [0.3, 0.4) is 0 Å². The molecule has 0 aromatic carbocycles. The number of furan rings is 1. The molecule has 0 fully saturated rings. The second-order valence-electron chi connectivity index (χ2n) is 3.55. The second kappa shape index (κ2) is 5.10. The van der Waals surface area contributed by atoms with Crippen molar-refractivity contribution in [2.24, 2.45) is 7.05 Å². The molecule has 0 aliphatic carbocycles. The molecule has 0 spiro atoms.